The number of hydrogen-bond donors (Lipinski definition) is 4. The normalized spacial score (nSPS) is 16.7. The maximum atomic E-state index is 13.3. The number of benzene rings is 3. The maximum absolute atomic E-state index is 13.3. The van der Waals surface area contributed by atoms with E-state index in [1.54, 1.807) is 50.8 Å². The predicted octanol–water partition coefficient (Wildman–Crippen LogP) is 3.39. The summed E-state index contributed by atoms with van der Waals surface area (Å²) in [6, 6.07) is 13.4. The smallest absolute Gasteiger partial charge is 0.161 e. The first kappa shape index (κ1) is 23.8. The van der Waals surface area contributed by atoms with E-state index in [4.69, 9.17) is 9.47 Å². The van der Waals surface area contributed by atoms with Crippen molar-refractivity contribution in [1.82, 2.24) is 4.98 Å². The molecule has 36 heavy (non-hydrogen) atoms. The Morgan fingerprint density at radius 3 is 2.50 bits per heavy atom. The van der Waals surface area contributed by atoms with Crippen LogP contribution < -0.4 is 14.5 Å². The third-order valence-corrected chi connectivity index (χ3v) is 6.65. The first-order valence-corrected chi connectivity index (χ1v) is 11.4. The van der Waals surface area contributed by atoms with E-state index in [9.17, 15) is 20.5 Å². The molecule has 0 amide bonds. The molecule has 0 saturated heterocycles. The van der Waals surface area contributed by atoms with Gasteiger partial charge in [-0.25, -0.2) is 0 Å². The van der Waals surface area contributed by atoms with Gasteiger partial charge in [0.1, 0.15) is 17.1 Å². The van der Waals surface area contributed by atoms with Crippen molar-refractivity contribution in [2.24, 2.45) is 0 Å². The quantitative estimate of drug-likeness (QED) is 0.309. The molecule has 5 rings (SSSR count). The Kier molecular flexibility index (Phi) is 6.34. The van der Waals surface area contributed by atoms with Crippen molar-refractivity contribution in [2.45, 2.75) is 19.3 Å². The number of hydroxylamine groups is 1. The van der Waals surface area contributed by atoms with Gasteiger partial charge in [0.15, 0.2) is 17.5 Å². The number of ether oxygens (including phenoxy) is 2. The minimum Gasteiger partial charge on any atom is -0.628 e. The molecular weight excluding hydrogens is 460 g/mol. The molecule has 4 aromatic rings. The Morgan fingerprint density at radius 1 is 1.00 bits per heavy atom. The zero-order valence-electron chi connectivity index (χ0n) is 19.9. The first-order valence-electron chi connectivity index (χ1n) is 11.4. The highest BCUT2D eigenvalue weighted by Gasteiger charge is 2.27. The largest absolute Gasteiger partial charge is 0.628 e. The van der Waals surface area contributed by atoms with Crippen LogP contribution in [-0.2, 0) is 13.2 Å². The first-order chi connectivity index (χ1) is 17.5. The van der Waals surface area contributed by atoms with Crippen molar-refractivity contribution in [2.75, 3.05) is 14.2 Å². The van der Waals surface area contributed by atoms with E-state index >= 15 is 0 Å². The third kappa shape index (κ3) is 3.86. The van der Waals surface area contributed by atoms with Crippen LogP contribution in [0.1, 0.15) is 28.4 Å². The van der Waals surface area contributed by atoms with Gasteiger partial charge in [-0.3, -0.25) is 4.98 Å². The van der Waals surface area contributed by atoms with Crippen LogP contribution >= 0.6 is 0 Å². The molecular formula is C28H26N2O6. The summed E-state index contributed by atoms with van der Waals surface area (Å²) in [4.78, 5) is 4.48. The van der Waals surface area contributed by atoms with E-state index in [2.05, 4.69) is 4.98 Å². The molecule has 4 N–H and O–H groups in total. The van der Waals surface area contributed by atoms with Gasteiger partial charge in [0.2, 0.25) is 0 Å². The fourth-order valence-electron chi connectivity index (χ4n) is 4.88. The molecule has 8 nitrogen and oxygen atoms in total. The summed E-state index contributed by atoms with van der Waals surface area (Å²) in [5.74, 6) is 1.14. The molecule has 2 unspecified atom stereocenters. The summed E-state index contributed by atoms with van der Waals surface area (Å²) >= 11 is 0. The summed E-state index contributed by atoms with van der Waals surface area (Å²) in [6.07, 6.45) is 5.10. The summed E-state index contributed by atoms with van der Waals surface area (Å²) in [5, 5.41) is 45.2. The Hall–Kier alpha value is -3.95. The highest BCUT2D eigenvalue weighted by Crippen LogP contribution is 2.41. The zero-order chi connectivity index (χ0) is 25.4. The number of rotatable bonds is 6. The van der Waals surface area contributed by atoms with Gasteiger partial charge >= 0.3 is 0 Å². The third-order valence-electron chi connectivity index (χ3n) is 6.65. The van der Waals surface area contributed by atoms with E-state index in [-0.39, 0.29) is 24.0 Å². The predicted molar refractivity (Wildman–Crippen MR) is 136 cm³/mol. The van der Waals surface area contributed by atoms with Crippen molar-refractivity contribution in [1.29, 1.82) is 0 Å². The van der Waals surface area contributed by atoms with E-state index in [0.717, 1.165) is 16.3 Å². The maximum Gasteiger partial charge on any atom is 0.161 e. The van der Waals surface area contributed by atoms with Gasteiger partial charge in [-0.15, -0.1) is 0 Å². The second kappa shape index (κ2) is 9.60. The summed E-state index contributed by atoms with van der Waals surface area (Å²) in [5.41, 5.74) is 4.09. The summed E-state index contributed by atoms with van der Waals surface area (Å²) < 4.78 is 11.0. The molecule has 2 atom stereocenters. The fraction of sp³-hybridized carbons (Fsp3) is 0.179. The number of aromatic nitrogens is 1. The SMILES string of the molecule is COc1cc2cc(CO)c(CO)c(-c3ccnc(C4C=Cc5c(O)cccc5[NH+]4[O-])c3)c2cc1OC. The number of phenolic OH excluding ortho intramolecular Hbond substituents is 1. The lowest BCUT2D eigenvalue weighted by molar-refractivity contribution is -0.806. The molecule has 0 radical (unpaired) electrons. The summed E-state index contributed by atoms with van der Waals surface area (Å²) in [7, 11) is 3.11. The lowest BCUT2D eigenvalue weighted by Crippen LogP contribution is -3.03. The number of aliphatic hydroxyl groups is 2. The number of aromatic hydroxyl groups is 1. The minimum absolute atomic E-state index is 0.0570. The Labute approximate surface area is 207 Å². The number of quaternary nitrogens is 1. The Bertz CT molecular complexity index is 1480. The van der Waals surface area contributed by atoms with E-state index in [1.807, 2.05) is 30.3 Å². The van der Waals surface area contributed by atoms with Gasteiger partial charge in [-0.2, -0.15) is 0 Å². The number of methoxy groups -OCH3 is 2. The van der Waals surface area contributed by atoms with Crippen LogP contribution in [0.25, 0.3) is 28.0 Å². The van der Waals surface area contributed by atoms with Crippen molar-refractivity contribution < 1.29 is 29.9 Å². The lowest BCUT2D eigenvalue weighted by Gasteiger charge is -2.33. The summed E-state index contributed by atoms with van der Waals surface area (Å²) in [6.45, 7) is -0.544. The van der Waals surface area contributed by atoms with Gasteiger partial charge in [0.05, 0.1) is 33.0 Å². The average molecular weight is 487 g/mol. The minimum atomic E-state index is -0.626. The fourth-order valence-corrected chi connectivity index (χ4v) is 4.88. The number of fused-ring (bicyclic) bond motifs is 2. The van der Waals surface area contributed by atoms with Crippen molar-refractivity contribution in [3.63, 3.8) is 0 Å². The van der Waals surface area contributed by atoms with Crippen LogP contribution in [-0.4, -0.2) is 34.5 Å². The Morgan fingerprint density at radius 2 is 1.78 bits per heavy atom. The second-order valence-corrected chi connectivity index (χ2v) is 8.54. The van der Waals surface area contributed by atoms with E-state index in [0.29, 0.717) is 45.1 Å². The molecule has 1 aliphatic rings. The molecule has 2 heterocycles. The van der Waals surface area contributed by atoms with Gasteiger partial charge in [0, 0.05) is 12.3 Å². The van der Waals surface area contributed by atoms with E-state index < -0.39 is 6.04 Å². The van der Waals surface area contributed by atoms with Crippen LogP contribution in [0, 0.1) is 5.21 Å². The monoisotopic (exact) mass is 486 g/mol. The number of hydrogen-bond acceptors (Lipinski definition) is 7. The number of nitrogens with zero attached hydrogens (tertiary/aromatic N) is 1. The molecule has 3 aromatic carbocycles. The Balaban J connectivity index is 1.70. The molecule has 0 bridgehead atoms. The van der Waals surface area contributed by atoms with Gasteiger partial charge in [-0.1, -0.05) is 6.07 Å². The standard InChI is InChI=1S/C28H26N2O6/c1-35-26-12-17-10-18(14-31)21(15-32)28(20(17)13-27(26)36-2)16-8-9-29-22(11-16)24-7-6-19-23(30(24)34)4-3-5-25(19)33/h3-13,24,30-33H,14-15H2,1-2H3. The van der Waals surface area contributed by atoms with Crippen molar-refractivity contribution in [3.05, 3.63) is 88.4 Å². The molecule has 1 aromatic heterocycles. The van der Waals surface area contributed by atoms with Gasteiger partial charge in [0.25, 0.3) is 0 Å². The van der Waals surface area contributed by atoms with E-state index in [1.165, 1.54) is 0 Å². The average Bonchev–Trinajstić information content (AvgIpc) is 2.91. The molecule has 0 fully saturated rings. The van der Waals surface area contributed by atoms with Crippen LogP contribution in [0.3, 0.4) is 0 Å². The molecule has 0 aliphatic carbocycles. The zero-order valence-corrected chi connectivity index (χ0v) is 19.9. The molecule has 0 spiro atoms. The van der Waals surface area contributed by atoms with Crippen molar-refractivity contribution in [3.8, 4) is 28.4 Å². The van der Waals surface area contributed by atoms with Crippen LogP contribution in [0.4, 0.5) is 5.69 Å². The molecule has 1 aliphatic heterocycles. The van der Waals surface area contributed by atoms with Crippen molar-refractivity contribution >= 4 is 22.5 Å². The number of pyridine rings is 1. The molecule has 8 heteroatoms. The molecule has 0 saturated carbocycles. The van der Waals surface area contributed by atoms with Gasteiger partial charge < -0.3 is 35.1 Å². The number of nitrogens with one attached hydrogen (secondary N) is 1. The lowest BCUT2D eigenvalue weighted by atomic mass is 9.89. The second-order valence-electron chi connectivity index (χ2n) is 8.54. The van der Waals surface area contributed by atoms with Gasteiger partial charge in [-0.05, 0) is 81.6 Å². The topological polar surface area (TPSA) is 120 Å². The van der Waals surface area contributed by atoms with Crippen LogP contribution in [0.15, 0.2) is 60.8 Å². The van der Waals surface area contributed by atoms with Crippen LogP contribution in [0.2, 0.25) is 0 Å². The number of aliphatic hydroxyl groups excluding tert-OH is 2. The van der Waals surface area contributed by atoms with Crippen LogP contribution in [0.5, 0.6) is 17.2 Å². The highest BCUT2D eigenvalue weighted by molar-refractivity contribution is 6.01. The highest BCUT2D eigenvalue weighted by atomic mass is 16.5. The molecule has 184 valence electrons. The number of phenols is 1.